The predicted octanol–water partition coefficient (Wildman–Crippen LogP) is 6.61. The Balaban J connectivity index is 1.66. The number of methoxy groups -OCH3 is 1. The van der Waals surface area contributed by atoms with E-state index >= 15 is 0 Å². The molecule has 0 saturated carbocycles. The van der Waals surface area contributed by atoms with Crippen molar-refractivity contribution in [1.82, 2.24) is 0 Å². The fraction of sp³-hybridized carbons (Fsp3) is 0.217. The number of amides is 1. The molecular weight excluding hydrogens is 457 g/mol. The van der Waals surface area contributed by atoms with E-state index in [9.17, 15) is 9.59 Å². The first kappa shape index (κ1) is 23.1. The molecule has 8 heteroatoms. The van der Waals surface area contributed by atoms with Crippen molar-refractivity contribution in [3.63, 3.8) is 0 Å². The molecule has 162 valence electrons. The van der Waals surface area contributed by atoms with Crippen molar-refractivity contribution < 1.29 is 19.1 Å². The van der Waals surface area contributed by atoms with Crippen LogP contribution in [0.25, 0.3) is 11.1 Å². The number of anilines is 1. The molecule has 3 aromatic rings. The molecule has 1 amide bonds. The van der Waals surface area contributed by atoms with Crippen LogP contribution in [-0.2, 0) is 9.53 Å². The van der Waals surface area contributed by atoms with Crippen molar-refractivity contribution in [2.75, 3.05) is 19.0 Å². The van der Waals surface area contributed by atoms with Crippen LogP contribution < -0.4 is 10.1 Å². The van der Waals surface area contributed by atoms with Gasteiger partial charge in [-0.25, -0.2) is 4.79 Å². The first-order valence-electron chi connectivity index (χ1n) is 9.55. The maximum atomic E-state index is 12.5. The van der Waals surface area contributed by atoms with Gasteiger partial charge in [0.25, 0.3) is 0 Å². The third kappa shape index (κ3) is 5.79. The molecule has 0 bridgehead atoms. The van der Waals surface area contributed by atoms with E-state index in [0.717, 1.165) is 16.0 Å². The molecule has 0 fully saturated rings. The van der Waals surface area contributed by atoms with Gasteiger partial charge in [-0.15, -0.1) is 11.3 Å². The number of ether oxygens (including phenoxy) is 2. The first-order chi connectivity index (χ1) is 14.9. The third-order valence-electron chi connectivity index (χ3n) is 4.49. The van der Waals surface area contributed by atoms with Crippen LogP contribution in [-0.4, -0.2) is 25.6 Å². The average Bonchev–Trinajstić information content (AvgIpc) is 3.07. The van der Waals surface area contributed by atoms with Crippen molar-refractivity contribution in [2.45, 2.75) is 19.8 Å². The smallest absolute Gasteiger partial charge is 0.341 e. The van der Waals surface area contributed by atoms with E-state index < -0.39 is 5.97 Å². The van der Waals surface area contributed by atoms with Crippen LogP contribution in [0.4, 0.5) is 5.00 Å². The van der Waals surface area contributed by atoms with Gasteiger partial charge in [0.05, 0.1) is 18.7 Å². The third-order valence-corrected chi connectivity index (χ3v) is 6.04. The average molecular weight is 478 g/mol. The van der Waals surface area contributed by atoms with E-state index in [1.807, 2.05) is 37.3 Å². The maximum absolute atomic E-state index is 12.5. The lowest BCUT2D eigenvalue weighted by atomic mass is 10.0. The lowest BCUT2D eigenvalue weighted by Crippen LogP contribution is -2.15. The lowest BCUT2D eigenvalue weighted by Gasteiger charge is -2.09. The van der Waals surface area contributed by atoms with Gasteiger partial charge < -0.3 is 14.8 Å². The summed E-state index contributed by atoms with van der Waals surface area (Å²) < 4.78 is 10.6. The highest BCUT2D eigenvalue weighted by atomic mass is 35.5. The standard InChI is InChI=1S/C23H21Cl2NO4S/c1-14-20(15-7-4-3-5-8-15)21(23(28)29-2)22(31-14)26-19(27)9-6-12-30-18-11-10-16(24)13-17(18)25/h3-5,7-8,10-11,13H,6,9,12H2,1-2H3,(H,26,27). The van der Waals surface area contributed by atoms with E-state index in [1.165, 1.54) is 18.4 Å². The predicted molar refractivity (Wildman–Crippen MR) is 126 cm³/mol. The minimum absolute atomic E-state index is 0.211. The number of carbonyl (C=O) groups excluding carboxylic acids is 2. The van der Waals surface area contributed by atoms with Crippen LogP contribution >= 0.6 is 34.5 Å². The molecule has 0 unspecified atom stereocenters. The molecule has 1 aromatic heterocycles. The van der Waals surface area contributed by atoms with E-state index in [0.29, 0.717) is 39.4 Å². The fourth-order valence-electron chi connectivity index (χ4n) is 3.08. The molecule has 1 N–H and O–H groups in total. The van der Waals surface area contributed by atoms with Gasteiger partial charge in [0.1, 0.15) is 16.3 Å². The van der Waals surface area contributed by atoms with Gasteiger partial charge in [0.15, 0.2) is 0 Å². The number of nitrogens with one attached hydrogen (secondary N) is 1. The van der Waals surface area contributed by atoms with Crippen LogP contribution in [0.15, 0.2) is 48.5 Å². The van der Waals surface area contributed by atoms with Gasteiger partial charge in [-0.3, -0.25) is 4.79 Å². The summed E-state index contributed by atoms with van der Waals surface area (Å²) in [4.78, 5) is 25.9. The Morgan fingerprint density at radius 3 is 2.52 bits per heavy atom. The Morgan fingerprint density at radius 2 is 1.84 bits per heavy atom. The van der Waals surface area contributed by atoms with Gasteiger partial charge >= 0.3 is 5.97 Å². The number of esters is 1. The zero-order valence-electron chi connectivity index (χ0n) is 17.0. The van der Waals surface area contributed by atoms with Crippen LogP contribution in [0.1, 0.15) is 28.1 Å². The Bertz CT molecular complexity index is 1080. The number of rotatable bonds is 8. The molecule has 0 spiro atoms. The Labute approximate surface area is 194 Å². The molecular formula is C23H21Cl2NO4S. The van der Waals surface area contributed by atoms with Gasteiger partial charge in [0, 0.05) is 21.9 Å². The zero-order chi connectivity index (χ0) is 22.4. The summed E-state index contributed by atoms with van der Waals surface area (Å²) >= 11 is 13.3. The summed E-state index contributed by atoms with van der Waals surface area (Å²) in [5.74, 6) is -0.183. The Kier molecular flexibility index (Phi) is 7.96. The number of hydrogen-bond donors (Lipinski definition) is 1. The topological polar surface area (TPSA) is 64.6 Å². The van der Waals surface area contributed by atoms with Crippen LogP contribution in [0.3, 0.4) is 0 Å². The second-order valence-corrected chi connectivity index (χ2v) is 8.74. The van der Waals surface area contributed by atoms with Crippen LogP contribution in [0.2, 0.25) is 10.0 Å². The highest BCUT2D eigenvalue weighted by molar-refractivity contribution is 7.17. The fourth-order valence-corrected chi connectivity index (χ4v) is 4.62. The minimum atomic E-state index is -0.487. The van der Waals surface area contributed by atoms with E-state index in [1.54, 1.807) is 18.2 Å². The monoisotopic (exact) mass is 477 g/mol. The summed E-state index contributed by atoms with van der Waals surface area (Å²) in [6, 6.07) is 14.5. The first-order valence-corrected chi connectivity index (χ1v) is 11.1. The maximum Gasteiger partial charge on any atom is 0.341 e. The molecule has 3 rings (SSSR count). The van der Waals surface area contributed by atoms with Gasteiger partial charge in [-0.05, 0) is 37.1 Å². The molecule has 0 aliphatic carbocycles. The van der Waals surface area contributed by atoms with Crippen LogP contribution in [0.5, 0.6) is 5.75 Å². The van der Waals surface area contributed by atoms with E-state index in [-0.39, 0.29) is 12.3 Å². The van der Waals surface area contributed by atoms with Crippen LogP contribution in [0, 0.1) is 6.92 Å². The number of halogens is 2. The molecule has 0 aliphatic heterocycles. The van der Waals surface area contributed by atoms with Crippen molar-refractivity contribution >= 4 is 51.4 Å². The summed E-state index contributed by atoms with van der Waals surface area (Å²) in [7, 11) is 1.33. The number of thiophene rings is 1. The highest BCUT2D eigenvalue weighted by Gasteiger charge is 2.24. The van der Waals surface area contributed by atoms with Gasteiger partial charge in [0.2, 0.25) is 5.91 Å². The van der Waals surface area contributed by atoms with Crippen molar-refractivity contribution in [3.8, 4) is 16.9 Å². The molecule has 0 saturated heterocycles. The minimum Gasteiger partial charge on any atom is -0.492 e. The van der Waals surface area contributed by atoms with E-state index in [4.69, 9.17) is 32.7 Å². The molecule has 31 heavy (non-hydrogen) atoms. The summed E-state index contributed by atoms with van der Waals surface area (Å²) in [6.45, 7) is 2.23. The highest BCUT2D eigenvalue weighted by Crippen LogP contribution is 2.40. The molecule has 2 aromatic carbocycles. The summed E-state index contributed by atoms with van der Waals surface area (Å²) in [5, 5.41) is 4.28. The molecule has 0 aliphatic rings. The number of hydrogen-bond acceptors (Lipinski definition) is 5. The normalized spacial score (nSPS) is 10.6. The molecule has 0 radical (unpaired) electrons. The molecule has 1 heterocycles. The zero-order valence-corrected chi connectivity index (χ0v) is 19.4. The lowest BCUT2D eigenvalue weighted by molar-refractivity contribution is -0.116. The number of aryl methyl sites for hydroxylation is 1. The van der Waals surface area contributed by atoms with Crippen molar-refractivity contribution in [2.24, 2.45) is 0 Å². The number of benzene rings is 2. The summed E-state index contributed by atoms with van der Waals surface area (Å²) in [5.41, 5.74) is 2.03. The SMILES string of the molecule is COC(=O)c1c(NC(=O)CCCOc2ccc(Cl)cc2Cl)sc(C)c1-c1ccccc1. The second-order valence-electron chi connectivity index (χ2n) is 6.67. The Morgan fingerprint density at radius 1 is 1.10 bits per heavy atom. The Hall–Kier alpha value is -2.54. The summed E-state index contributed by atoms with van der Waals surface area (Å²) in [6.07, 6.45) is 0.706. The quantitative estimate of drug-likeness (QED) is 0.292. The van der Waals surface area contributed by atoms with Crippen molar-refractivity contribution in [3.05, 3.63) is 69.0 Å². The van der Waals surface area contributed by atoms with Crippen molar-refractivity contribution in [1.29, 1.82) is 0 Å². The number of carbonyl (C=O) groups is 2. The largest absolute Gasteiger partial charge is 0.492 e. The van der Waals surface area contributed by atoms with Gasteiger partial charge in [-0.2, -0.15) is 0 Å². The van der Waals surface area contributed by atoms with E-state index in [2.05, 4.69) is 5.32 Å². The molecule has 5 nitrogen and oxygen atoms in total. The molecule has 0 atom stereocenters. The van der Waals surface area contributed by atoms with Gasteiger partial charge in [-0.1, -0.05) is 53.5 Å². The second kappa shape index (κ2) is 10.7.